The van der Waals surface area contributed by atoms with Crippen LogP contribution >= 0.6 is 15.9 Å². The maximum atomic E-state index is 12.1. The number of benzene rings is 2. The minimum Gasteiger partial charge on any atom is -0.490 e. The van der Waals surface area contributed by atoms with Gasteiger partial charge in [0.25, 0.3) is 5.91 Å². The van der Waals surface area contributed by atoms with Crippen molar-refractivity contribution in [1.29, 1.82) is 0 Å². The van der Waals surface area contributed by atoms with Gasteiger partial charge >= 0.3 is 0 Å². The summed E-state index contributed by atoms with van der Waals surface area (Å²) in [5.41, 5.74) is 9.89. The van der Waals surface area contributed by atoms with Crippen molar-refractivity contribution >= 4 is 33.7 Å². The number of carbonyl (C=O) groups is 1. The van der Waals surface area contributed by atoms with Gasteiger partial charge in [0, 0.05) is 11.3 Å². The number of nitrogens with one attached hydrogen (secondary N) is 1. The molecule has 0 spiro atoms. The Morgan fingerprint density at radius 3 is 2.77 bits per heavy atom. The van der Waals surface area contributed by atoms with Crippen LogP contribution in [-0.2, 0) is 0 Å². The predicted molar refractivity (Wildman–Crippen MR) is 107 cm³/mol. The monoisotopic (exact) mass is 419 g/mol. The van der Waals surface area contributed by atoms with Crippen LogP contribution in [0.2, 0.25) is 0 Å². The molecule has 3 N–H and O–H groups in total. The Morgan fingerprint density at radius 2 is 2.08 bits per heavy atom. The number of nitrogens with two attached hydrogens (primary N) is 1. The van der Waals surface area contributed by atoms with E-state index in [0.29, 0.717) is 36.0 Å². The van der Waals surface area contributed by atoms with E-state index in [-0.39, 0.29) is 5.91 Å². The molecule has 0 aliphatic heterocycles. The Kier molecular flexibility index (Phi) is 7.47. The van der Waals surface area contributed by atoms with Crippen LogP contribution < -0.4 is 20.6 Å². The first-order valence-electron chi connectivity index (χ1n) is 8.33. The highest BCUT2D eigenvalue weighted by Crippen LogP contribution is 2.36. The quantitative estimate of drug-likeness (QED) is 0.384. The highest BCUT2D eigenvalue weighted by Gasteiger charge is 2.11. The number of anilines is 1. The number of hydrazone groups is 1. The Balaban J connectivity index is 2.12. The molecule has 2 rings (SSSR count). The normalized spacial score (nSPS) is 10.7. The van der Waals surface area contributed by atoms with Gasteiger partial charge in [-0.05, 0) is 65.2 Å². The largest absolute Gasteiger partial charge is 0.490 e. The van der Waals surface area contributed by atoms with Gasteiger partial charge in [-0.25, -0.2) is 5.43 Å². The van der Waals surface area contributed by atoms with E-state index >= 15 is 0 Å². The summed E-state index contributed by atoms with van der Waals surface area (Å²) in [7, 11) is 0. The topological polar surface area (TPSA) is 85.9 Å². The minimum absolute atomic E-state index is 0.333. The summed E-state index contributed by atoms with van der Waals surface area (Å²) in [5.74, 6) is 0.953. The van der Waals surface area contributed by atoms with Crippen LogP contribution in [0.25, 0.3) is 0 Å². The molecule has 26 heavy (non-hydrogen) atoms. The molecule has 0 bridgehead atoms. The standard InChI is InChI=1S/C19H22BrN3O3/c1-3-8-26-18-16(20)9-13(10-17(18)25-4-2)12-22-23-19(24)14-6-5-7-15(21)11-14/h5-7,9-12H,3-4,8,21H2,1-2H3,(H,23,24)/b22-12-. The van der Waals surface area contributed by atoms with Gasteiger partial charge in [-0.3, -0.25) is 4.79 Å². The van der Waals surface area contributed by atoms with Crippen molar-refractivity contribution in [3.8, 4) is 11.5 Å². The van der Waals surface area contributed by atoms with Gasteiger partial charge in [-0.15, -0.1) is 0 Å². The molecular weight excluding hydrogens is 398 g/mol. The van der Waals surface area contributed by atoms with Crippen LogP contribution in [0.3, 0.4) is 0 Å². The van der Waals surface area contributed by atoms with Crippen LogP contribution in [0.1, 0.15) is 36.2 Å². The van der Waals surface area contributed by atoms with Crippen molar-refractivity contribution in [2.24, 2.45) is 5.10 Å². The second-order valence-electron chi connectivity index (χ2n) is 5.44. The summed E-state index contributed by atoms with van der Waals surface area (Å²) in [5, 5.41) is 4.00. The number of carbonyl (C=O) groups excluding carboxylic acids is 1. The van der Waals surface area contributed by atoms with Gasteiger partial charge in [0.15, 0.2) is 11.5 Å². The lowest BCUT2D eigenvalue weighted by Crippen LogP contribution is -2.17. The fourth-order valence-corrected chi connectivity index (χ4v) is 2.75. The summed E-state index contributed by atoms with van der Waals surface area (Å²) in [6, 6.07) is 10.4. The van der Waals surface area contributed by atoms with E-state index in [4.69, 9.17) is 15.2 Å². The second kappa shape index (κ2) is 9.82. The fraction of sp³-hybridized carbons (Fsp3) is 0.263. The molecule has 0 saturated carbocycles. The molecule has 2 aromatic carbocycles. The van der Waals surface area contributed by atoms with Gasteiger partial charge in [0.2, 0.25) is 0 Å². The van der Waals surface area contributed by atoms with E-state index in [0.717, 1.165) is 16.5 Å². The van der Waals surface area contributed by atoms with E-state index in [1.165, 1.54) is 0 Å². The zero-order valence-electron chi connectivity index (χ0n) is 14.8. The Labute approximate surface area is 161 Å². The summed E-state index contributed by atoms with van der Waals surface area (Å²) in [4.78, 5) is 12.1. The average Bonchev–Trinajstić information content (AvgIpc) is 2.61. The van der Waals surface area contributed by atoms with E-state index in [2.05, 4.69) is 26.5 Å². The summed E-state index contributed by atoms with van der Waals surface area (Å²) < 4.78 is 12.2. The first kappa shape index (κ1) is 19.8. The predicted octanol–water partition coefficient (Wildman–Crippen LogP) is 3.98. The van der Waals surface area contributed by atoms with Crippen molar-refractivity contribution in [3.63, 3.8) is 0 Å². The highest BCUT2D eigenvalue weighted by molar-refractivity contribution is 9.10. The van der Waals surface area contributed by atoms with Crippen molar-refractivity contribution in [1.82, 2.24) is 5.43 Å². The SMILES string of the molecule is CCCOc1c(Br)cc(/C=N\NC(=O)c2cccc(N)c2)cc1OCC. The lowest BCUT2D eigenvalue weighted by Gasteiger charge is -2.14. The number of ether oxygens (including phenoxy) is 2. The maximum absolute atomic E-state index is 12.1. The van der Waals surface area contributed by atoms with E-state index in [1.807, 2.05) is 26.0 Å². The van der Waals surface area contributed by atoms with Crippen molar-refractivity contribution < 1.29 is 14.3 Å². The molecule has 1 amide bonds. The highest BCUT2D eigenvalue weighted by atomic mass is 79.9. The summed E-state index contributed by atoms with van der Waals surface area (Å²) in [6.45, 7) is 5.06. The summed E-state index contributed by atoms with van der Waals surface area (Å²) >= 11 is 3.50. The molecule has 0 aliphatic carbocycles. The van der Waals surface area contributed by atoms with Gasteiger partial charge < -0.3 is 15.2 Å². The van der Waals surface area contributed by atoms with Gasteiger partial charge in [-0.1, -0.05) is 13.0 Å². The molecule has 138 valence electrons. The fourth-order valence-electron chi connectivity index (χ4n) is 2.18. The van der Waals surface area contributed by atoms with Gasteiger partial charge in [0.1, 0.15) is 0 Å². The lowest BCUT2D eigenvalue weighted by molar-refractivity contribution is 0.0955. The van der Waals surface area contributed by atoms with E-state index in [9.17, 15) is 4.79 Å². The smallest absolute Gasteiger partial charge is 0.271 e. The van der Waals surface area contributed by atoms with Crippen LogP contribution in [0, 0.1) is 0 Å². The molecule has 7 heteroatoms. The van der Waals surface area contributed by atoms with Crippen molar-refractivity contribution in [2.75, 3.05) is 18.9 Å². The number of nitrogens with zero attached hydrogens (tertiary/aromatic N) is 1. The lowest BCUT2D eigenvalue weighted by atomic mass is 10.2. The molecule has 0 fully saturated rings. The van der Waals surface area contributed by atoms with Gasteiger partial charge in [0.05, 0.1) is 23.9 Å². The molecule has 2 aromatic rings. The molecule has 0 aromatic heterocycles. The number of nitrogen functional groups attached to an aromatic ring is 1. The number of rotatable bonds is 8. The molecule has 0 aliphatic rings. The summed E-state index contributed by atoms with van der Waals surface area (Å²) in [6.07, 6.45) is 2.44. The van der Waals surface area contributed by atoms with E-state index < -0.39 is 0 Å². The molecule has 6 nitrogen and oxygen atoms in total. The first-order chi connectivity index (χ1) is 12.5. The molecular formula is C19H22BrN3O3. The number of hydrogen-bond acceptors (Lipinski definition) is 5. The average molecular weight is 420 g/mol. The number of amides is 1. The molecule has 0 heterocycles. The molecule has 0 saturated heterocycles. The third-order valence-electron chi connectivity index (χ3n) is 3.31. The number of hydrogen-bond donors (Lipinski definition) is 2. The second-order valence-corrected chi connectivity index (χ2v) is 6.29. The molecule has 0 atom stereocenters. The van der Waals surface area contributed by atoms with Gasteiger partial charge in [-0.2, -0.15) is 5.10 Å². The van der Waals surface area contributed by atoms with E-state index in [1.54, 1.807) is 30.5 Å². The molecule has 0 radical (unpaired) electrons. The maximum Gasteiger partial charge on any atom is 0.271 e. The van der Waals surface area contributed by atoms with Crippen LogP contribution in [-0.4, -0.2) is 25.3 Å². The zero-order valence-corrected chi connectivity index (χ0v) is 16.4. The van der Waals surface area contributed by atoms with Crippen molar-refractivity contribution in [2.45, 2.75) is 20.3 Å². The third kappa shape index (κ3) is 5.49. The Bertz CT molecular complexity index is 794. The minimum atomic E-state index is -0.333. The zero-order chi connectivity index (χ0) is 18.9. The Hall–Kier alpha value is -2.54. The first-order valence-corrected chi connectivity index (χ1v) is 9.12. The molecule has 0 unspecified atom stereocenters. The van der Waals surface area contributed by atoms with Crippen molar-refractivity contribution in [3.05, 3.63) is 52.0 Å². The van der Waals surface area contributed by atoms with Crippen LogP contribution in [0.4, 0.5) is 5.69 Å². The Morgan fingerprint density at radius 1 is 1.27 bits per heavy atom. The number of halogens is 1. The van der Waals surface area contributed by atoms with Crippen LogP contribution in [0.15, 0.2) is 46.0 Å². The van der Waals surface area contributed by atoms with Crippen LogP contribution in [0.5, 0.6) is 11.5 Å². The third-order valence-corrected chi connectivity index (χ3v) is 3.90.